The Hall–Kier alpha value is -5.21. The van der Waals surface area contributed by atoms with E-state index in [-0.39, 0.29) is 45.1 Å². The van der Waals surface area contributed by atoms with Gasteiger partial charge in [0.2, 0.25) is 6.29 Å². The third-order valence-electron chi connectivity index (χ3n) is 6.30. The maximum atomic E-state index is 12.5. The van der Waals surface area contributed by atoms with Crippen molar-refractivity contribution in [2.75, 3.05) is 0 Å². The number of non-ortho nitro benzene ring substituents is 3. The third-order valence-corrected chi connectivity index (χ3v) is 6.30. The lowest BCUT2D eigenvalue weighted by Crippen LogP contribution is -2.31. The molecule has 0 aromatic heterocycles. The summed E-state index contributed by atoms with van der Waals surface area (Å²) in [6.45, 7) is 1.46. The number of aliphatic hydroxyl groups is 1. The number of ether oxygens (including phenoxy) is 2. The van der Waals surface area contributed by atoms with Crippen LogP contribution in [0.1, 0.15) is 42.1 Å². The van der Waals surface area contributed by atoms with Crippen molar-refractivity contribution in [3.8, 4) is 0 Å². The smallest absolute Gasteiger partial charge is 0.317 e. The molecular formula is C26H21N3O11. The van der Waals surface area contributed by atoms with Gasteiger partial charge in [-0.05, 0) is 23.6 Å². The van der Waals surface area contributed by atoms with Crippen LogP contribution in [0.5, 0.6) is 0 Å². The highest BCUT2D eigenvalue weighted by atomic mass is 16.7. The first-order valence-corrected chi connectivity index (χ1v) is 11.6. The minimum atomic E-state index is -1.82. The molecule has 1 aliphatic heterocycles. The van der Waals surface area contributed by atoms with E-state index in [9.17, 15) is 45.4 Å². The van der Waals surface area contributed by atoms with Gasteiger partial charge in [0.05, 0.1) is 20.9 Å². The lowest BCUT2D eigenvalue weighted by molar-refractivity contribution is -0.385. The average molecular weight is 551 g/mol. The molecule has 3 aromatic carbocycles. The van der Waals surface area contributed by atoms with Gasteiger partial charge in [0.15, 0.2) is 0 Å². The Kier molecular flexibility index (Phi) is 7.83. The summed E-state index contributed by atoms with van der Waals surface area (Å²) in [6, 6.07) is 15.5. The van der Waals surface area contributed by atoms with Gasteiger partial charge >= 0.3 is 5.97 Å². The summed E-state index contributed by atoms with van der Waals surface area (Å²) >= 11 is 0. The summed E-state index contributed by atoms with van der Waals surface area (Å²) in [4.78, 5) is 44.6. The number of benzene rings is 3. The van der Waals surface area contributed by atoms with E-state index in [1.54, 1.807) is 0 Å². The van der Waals surface area contributed by atoms with Gasteiger partial charge in [0.1, 0.15) is 17.8 Å². The highest BCUT2D eigenvalue weighted by molar-refractivity contribution is 5.74. The highest BCUT2D eigenvalue weighted by Crippen LogP contribution is 2.46. The van der Waals surface area contributed by atoms with E-state index < -0.39 is 45.2 Å². The second-order valence-corrected chi connectivity index (χ2v) is 8.83. The summed E-state index contributed by atoms with van der Waals surface area (Å²) in [5, 5.41) is 55.3. The van der Waals surface area contributed by atoms with Crippen molar-refractivity contribution in [2.24, 2.45) is 5.92 Å². The fraction of sp³-hybridized carbons (Fsp3) is 0.192. The zero-order valence-electron chi connectivity index (χ0n) is 20.6. The summed E-state index contributed by atoms with van der Waals surface area (Å²) in [5.41, 5.74) is -0.449. The second kappa shape index (κ2) is 11.3. The molecule has 0 amide bonds. The van der Waals surface area contributed by atoms with Gasteiger partial charge in [-0.1, -0.05) is 36.4 Å². The SMILES string of the molecule is CC1=C([C@@H](C(=O)O)[C@H](O)c2cccc([N+](=O)[O-])c2)O[C@H](c2cccc([N+](=O)[O-])c2)O[C@@H]1c1cccc([N+](=O)[O-])c1. The number of carboxylic acid groups (broad SMARTS) is 1. The Bertz CT molecular complexity index is 1540. The number of nitrogens with zero attached hydrogens (tertiary/aromatic N) is 3. The Labute approximate surface area is 225 Å². The van der Waals surface area contributed by atoms with Crippen LogP contribution in [0, 0.1) is 36.3 Å². The summed E-state index contributed by atoms with van der Waals surface area (Å²) in [5.74, 6) is -3.61. The number of nitro groups is 3. The Morgan fingerprint density at radius 2 is 1.32 bits per heavy atom. The normalized spacial score (nSPS) is 18.4. The van der Waals surface area contributed by atoms with Crippen molar-refractivity contribution in [3.05, 3.63) is 131 Å². The number of hydrogen-bond acceptors (Lipinski definition) is 10. The lowest BCUT2D eigenvalue weighted by Gasteiger charge is -2.36. The monoisotopic (exact) mass is 551 g/mol. The molecule has 14 heteroatoms. The maximum Gasteiger partial charge on any atom is 0.317 e. The van der Waals surface area contributed by atoms with Gasteiger partial charge in [-0.3, -0.25) is 35.1 Å². The summed E-state index contributed by atoms with van der Waals surface area (Å²) in [6.07, 6.45) is -4.36. The van der Waals surface area contributed by atoms with Crippen molar-refractivity contribution in [1.29, 1.82) is 0 Å². The van der Waals surface area contributed by atoms with Gasteiger partial charge in [-0.25, -0.2) is 0 Å². The molecule has 4 atom stereocenters. The van der Waals surface area contributed by atoms with Crippen LogP contribution >= 0.6 is 0 Å². The van der Waals surface area contributed by atoms with Crippen LogP contribution in [0.2, 0.25) is 0 Å². The van der Waals surface area contributed by atoms with Crippen LogP contribution in [-0.2, 0) is 14.3 Å². The van der Waals surface area contributed by atoms with E-state index >= 15 is 0 Å². The van der Waals surface area contributed by atoms with Crippen LogP contribution in [0.25, 0.3) is 0 Å². The standard InChI is InChI=1S/C26H21N3O11/c1-14-23(16-6-3-9-19(12-16)28(35)36)39-26(17-7-4-10-20(13-17)29(37)38)40-24(14)21(25(31)32)22(30)15-5-2-8-18(11-15)27(33)34/h2-13,21-23,26,30H,1H3,(H,31,32)/t21-,22+,23-,26+/m0/s1. The molecule has 206 valence electrons. The second-order valence-electron chi connectivity index (χ2n) is 8.83. The Balaban J connectivity index is 1.86. The number of hydrogen-bond donors (Lipinski definition) is 2. The van der Waals surface area contributed by atoms with Crippen molar-refractivity contribution in [3.63, 3.8) is 0 Å². The molecule has 40 heavy (non-hydrogen) atoms. The van der Waals surface area contributed by atoms with E-state index in [0.29, 0.717) is 0 Å². The van der Waals surface area contributed by atoms with Crippen LogP contribution in [-0.4, -0.2) is 31.0 Å². The van der Waals surface area contributed by atoms with Crippen LogP contribution in [0.3, 0.4) is 0 Å². The van der Waals surface area contributed by atoms with Gasteiger partial charge in [-0.15, -0.1) is 0 Å². The number of carboxylic acids is 1. The fourth-order valence-corrected chi connectivity index (χ4v) is 4.38. The first-order chi connectivity index (χ1) is 19.0. The number of aliphatic hydroxyl groups excluding tert-OH is 1. The molecule has 0 aliphatic carbocycles. The van der Waals surface area contributed by atoms with E-state index in [2.05, 4.69) is 0 Å². The molecule has 14 nitrogen and oxygen atoms in total. The molecule has 3 aromatic rings. The molecule has 0 saturated heterocycles. The topological polar surface area (TPSA) is 205 Å². The van der Waals surface area contributed by atoms with Crippen LogP contribution in [0.15, 0.2) is 84.1 Å². The fourth-order valence-electron chi connectivity index (χ4n) is 4.38. The van der Waals surface area contributed by atoms with Crippen LogP contribution in [0.4, 0.5) is 17.1 Å². The summed E-state index contributed by atoms with van der Waals surface area (Å²) in [7, 11) is 0. The minimum Gasteiger partial charge on any atom is -0.481 e. The van der Waals surface area contributed by atoms with Gasteiger partial charge in [-0.2, -0.15) is 0 Å². The molecule has 1 heterocycles. The van der Waals surface area contributed by atoms with Gasteiger partial charge in [0, 0.05) is 42.0 Å². The van der Waals surface area contributed by atoms with E-state index in [0.717, 1.165) is 6.07 Å². The Morgan fingerprint density at radius 1 is 0.825 bits per heavy atom. The predicted octanol–water partition coefficient (Wildman–Crippen LogP) is 4.91. The van der Waals surface area contributed by atoms with Crippen molar-refractivity contribution in [2.45, 2.75) is 25.4 Å². The Morgan fingerprint density at radius 3 is 1.88 bits per heavy atom. The van der Waals surface area contributed by atoms with Gasteiger partial charge < -0.3 is 19.7 Å². The number of rotatable bonds is 9. The van der Waals surface area contributed by atoms with E-state index in [4.69, 9.17) is 9.47 Å². The molecule has 0 spiro atoms. The van der Waals surface area contributed by atoms with Crippen LogP contribution < -0.4 is 0 Å². The van der Waals surface area contributed by atoms with E-state index in [1.807, 2.05) is 0 Å². The molecule has 0 saturated carbocycles. The molecule has 1 aliphatic rings. The van der Waals surface area contributed by atoms with Crippen molar-refractivity contribution >= 4 is 23.0 Å². The molecule has 4 rings (SSSR count). The van der Waals surface area contributed by atoms with Crippen molar-refractivity contribution in [1.82, 2.24) is 0 Å². The third kappa shape index (κ3) is 5.62. The zero-order valence-corrected chi connectivity index (χ0v) is 20.6. The van der Waals surface area contributed by atoms with E-state index in [1.165, 1.54) is 73.7 Å². The highest BCUT2D eigenvalue weighted by Gasteiger charge is 2.41. The average Bonchev–Trinajstić information content (AvgIpc) is 2.94. The predicted molar refractivity (Wildman–Crippen MR) is 136 cm³/mol. The first-order valence-electron chi connectivity index (χ1n) is 11.6. The molecular weight excluding hydrogens is 530 g/mol. The number of nitro benzene ring substituents is 3. The number of aliphatic carboxylic acids is 1. The number of carbonyl (C=O) groups is 1. The van der Waals surface area contributed by atoms with Crippen molar-refractivity contribution < 1.29 is 39.3 Å². The molecule has 0 fully saturated rings. The first kappa shape index (κ1) is 27.8. The molecule has 2 N–H and O–H groups in total. The zero-order chi connectivity index (χ0) is 29.1. The largest absolute Gasteiger partial charge is 0.481 e. The molecule has 0 unspecified atom stereocenters. The molecule has 0 bridgehead atoms. The van der Waals surface area contributed by atoms with Gasteiger partial charge in [0.25, 0.3) is 17.1 Å². The maximum absolute atomic E-state index is 12.5. The molecule has 0 radical (unpaired) electrons. The summed E-state index contributed by atoms with van der Waals surface area (Å²) < 4.78 is 12.0. The minimum absolute atomic E-state index is 0.0733. The lowest BCUT2D eigenvalue weighted by atomic mass is 9.88. The quantitative estimate of drug-likeness (QED) is 0.270.